The van der Waals surface area contributed by atoms with Crippen molar-refractivity contribution in [2.24, 2.45) is 0 Å². The number of nitrogens with zero attached hydrogens (tertiary/aromatic N) is 4. The average molecular weight is 357 g/mol. The number of para-hydroxylation sites is 1. The largest absolute Gasteiger partial charge is 0.357 e. The topological polar surface area (TPSA) is 49.7 Å². The Balaban J connectivity index is 1.36. The number of hydrogen-bond acceptors (Lipinski definition) is 3. The van der Waals surface area contributed by atoms with Crippen LogP contribution in [-0.4, -0.2) is 31.4 Å². The van der Waals surface area contributed by atoms with Crippen LogP contribution in [0.15, 0.2) is 48.7 Å². The maximum absolute atomic E-state index is 4.42. The van der Waals surface area contributed by atoms with Gasteiger partial charge in [-0.05, 0) is 49.1 Å². The molecule has 0 aliphatic carbocycles. The number of benzene rings is 2. The lowest BCUT2D eigenvalue weighted by Crippen LogP contribution is -2.30. The summed E-state index contributed by atoms with van der Waals surface area (Å²) >= 11 is 0. The third-order valence-corrected chi connectivity index (χ3v) is 5.50. The van der Waals surface area contributed by atoms with Crippen molar-refractivity contribution in [3.05, 3.63) is 76.7 Å². The van der Waals surface area contributed by atoms with Crippen molar-refractivity contribution in [3.63, 3.8) is 0 Å². The van der Waals surface area contributed by atoms with Crippen molar-refractivity contribution in [3.8, 4) is 5.69 Å². The van der Waals surface area contributed by atoms with E-state index in [9.17, 15) is 0 Å². The first kappa shape index (κ1) is 16.3. The Morgan fingerprint density at radius 1 is 1.11 bits per heavy atom. The highest BCUT2D eigenvalue weighted by atomic mass is 15.4. The van der Waals surface area contributed by atoms with E-state index in [0.29, 0.717) is 0 Å². The van der Waals surface area contributed by atoms with Gasteiger partial charge in [0, 0.05) is 36.2 Å². The number of hydrogen-bond donors (Lipinski definition) is 1. The van der Waals surface area contributed by atoms with Crippen LogP contribution in [-0.2, 0) is 19.5 Å². The maximum Gasteiger partial charge on any atom is 0.0971 e. The summed E-state index contributed by atoms with van der Waals surface area (Å²) in [7, 11) is 0. The smallest absolute Gasteiger partial charge is 0.0971 e. The summed E-state index contributed by atoms with van der Waals surface area (Å²) in [5.74, 6) is 0. The second kappa shape index (κ2) is 6.35. The lowest BCUT2D eigenvalue weighted by molar-refractivity contribution is 0.240. The molecule has 0 amide bonds. The Morgan fingerprint density at radius 3 is 2.93 bits per heavy atom. The highest BCUT2D eigenvalue weighted by Crippen LogP contribution is 2.28. The van der Waals surface area contributed by atoms with Crippen molar-refractivity contribution in [1.29, 1.82) is 0 Å². The van der Waals surface area contributed by atoms with Crippen LogP contribution in [0.2, 0.25) is 0 Å². The quantitative estimate of drug-likeness (QED) is 0.604. The molecule has 1 aliphatic rings. The summed E-state index contributed by atoms with van der Waals surface area (Å²) < 4.78 is 1.90. The van der Waals surface area contributed by atoms with Gasteiger partial charge in [0.1, 0.15) is 0 Å². The summed E-state index contributed by atoms with van der Waals surface area (Å²) in [6, 6.07) is 15.0. The van der Waals surface area contributed by atoms with Gasteiger partial charge in [0.05, 0.1) is 17.6 Å². The molecule has 2 aromatic carbocycles. The molecule has 0 fully saturated rings. The van der Waals surface area contributed by atoms with Crippen molar-refractivity contribution in [2.75, 3.05) is 6.54 Å². The van der Waals surface area contributed by atoms with Crippen molar-refractivity contribution in [1.82, 2.24) is 24.9 Å². The molecule has 3 heterocycles. The summed E-state index contributed by atoms with van der Waals surface area (Å²) in [5, 5.41) is 10.2. The summed E-state index contributed by atoms with van der Waals surface area (Å²) in [6.07, 6.45) is 3.13. The molecular weight excluding hydrogens is 334 g/mol. The molecule has 0 saturated carbocycles. The van der Waals surface area contributed by atoms with E-state index in [1.807, 2.05) is 4.68 Å². The van der Waals surface area contributed by atoms with Gasteiger partial charge < -0.3 is 4.98 Å². The fraction of sp³-hybridized carbons (Fsp3) is 0.273. The average Bonchev–Trinajstić information content (AvgIpc) is 3.27. The highest BCUT2D eigenvalue weighted by molar-refractivity contribution is 5.84. The molecule has 5 rings (SSSR count). The number of fused-ring (bicyclic) bond motifs is 3. The number of aromatic amines is 1. The molecule has 5 nitrogen and oxygen atoms in total. The molecule has 0 spiro atoms. The molecule has 27 heavy (non-hydrogen) atoms. The first-order valence-electron chi connectivity index (χ1n) is 9.47. The molecule has 0 unspecified atom stereocenters. The van der Waals surface area contributed by atoms with Crippen LogP contribution in [0.1, 0.15) is 28.1 Å². The third-order valence-electron chi connectivity index (χ3n) is 5.50. The molecule has 2 aromatic heterocycles. The van der Waals surface area contributed by atoms with E-state index in [1.54, 1.807) is 0 Å². The zero-order chi connectivity index (χ0) is 18.4. The number of H-pyrrole nitrogens is 1. The predicted octanol–water partition coefficient (Wildman–Crippen LogP) is 3.92. The van der Waals surface area contributed by atoms with E-state index >= 15 is 0 Å². The van der Waals surface area contributed by atoms with Crippen LogP contribution in [0, 0.1) is 13.8 Å². The van der Waals surface area contributed by atoms with Gasteiger partial charge in [0.15, 0.2) is 0 Å². The van der Waals surface area contributed by atoms with Gasteiger partial charge in [-0.25, -0.2) is 4.68 Å². The molecule has 1 aliphatic heterocycles. The highest BCUT2D eigenvalue weighted by Gasteiger charge is 2.21. The summed E-state index contributed by atoms with van der Waals surface area (Å²) in [5.41, 5.74) is 8.60. The lowest BCUT2D eigenvalue weighted by Gasteiger charge is -2.25. The Hall–Kier alpha value is -2.92. The fourth-order valence-corrected chi connectivity index (χ4v) is 4.07. The lowest BCUT2D eigenvalue weighted by atomic mass is 10.0. The van der Waals surface area contributed by atoms with E-state index in [4.69, 9.17) is 0 Å². The van der Waals surface area contributed by atoms with Crippen molar-refractivity contribution >= 4 is 10.9 Å². The van der Waals surface area contributed by atoms with Crippen molar-refractivity contribution in [2.45, 2.75) is 33.4 Å². The number of aromatic nitrogens is 4. The normalized spacial score (nSPS) is 14.6. The van der Waals surface area contributed by atoms with E-state index in [2.05, 4.69) is 82.7 Å². The summed E-state index contributed by atoms with van der Waals surface area (Å²) in [4.78, 5) is 6.03. The minimum absolute atomic E-state index is 0.819. The second-order valence-corrected chi connectivity index (χ2v) is 7.53. The molecule has 1 N–H and O–H groups in total. The molecule has 5 heteroatoms. The molecular formula is C22H23N5. The second-order valence-electron chi connectivity index (χ2n) is 7.53. The Bertz CT molecular complexity index is 1120. The first-order valence-corrected chi connectivity index (χ1v) is 9.47. The van der Waals surface area contributed by atoms with Crippen LogP contribution >= 0.6 is 0 Å². The predicted molar refractivity (Wildman–Crippen MR) is 107 cm³/mol. The number of aryl methyl sites for hydroxylation is 2. The first-order chi connectivity index (χ1) is 13.2. The molecule has 0 radical (unpaired) electrons. The van der Waals surface area contributed by atoms with E-state index in [0.717, 1.165) is 37.4 Å². The minimum Gasteiger partial charge on any atom is -0.357 e. The monoisotopic (exact) mass is 357 g/mol. The van der Waals surface area contributed by atoms with E-state index in [1.165, 1.54) is 33.3 Å². The third kappa shape index (κ3) is 2.94. The van der Waals surface area contributed by atoms with Crippen LogP contribution in [0.5, 0.6) is 0 Å². The number of rotatable bonds is 3. The molecule has 0 bridgehead atoms. The zero-order valence-electron chi connectivity index (χ0n) is 15.7. The minimum atomic E-state index is 0.819. The Kier molecular flexibility index (Phi) is 3.83. The standard InChI is InChI=1S/C22H23N5/c1-15-7-8-16(2)22(11-15)27-13-17(24-25-27)12-26-10-9-19-18-5-3-4-6-20(18)23-21(19)14-26/h3-8,11,13,23H,9-10,12,14H2,1-2H3. The molecule has 136 valence electrons. The fourth-order valence-electron chi connectivity index (χ4n) is 4.07. The van der Waals surface area contributed by atoms with Crippen LogP contribution in [0.25, 0.3) is 16.6 Å². The maximum atomic E-state index is 4.42. The van der Waals surface area contributed by atoms with E-state index in [-0.39, 0.29) is 0 Å². The van der Waals surface area contributed by atoms with Crippen LogP contribution in [0.4, 0.5) is 0 Å². The van der Waals surface area contributed by atoms with Gasteiger partial charge in [-0.3, -0.25) is 4.90 Å². The molecule has 0 saturated heterocycles. The van der Waals surface area contributed by atoms with Gasteiger partial charge in [-0.1, -0.05) is 35.5 Å². The van der Waals surface area contributed by atoms with Crippen molar-refractivity contribution < 1.29 is 0 Å². The molecule has 0 atom stereocenters. The Morgan fingerprint density at radius 2 is 2.00 bits per heavy atom. The SMILES string of the molecule is Cc1ccc(C)c(-n2cc(CN3CCc4c([nH]c5ccccc45)C3)nn2)c1. The Labute approximate surface area is 158 Å². The molecule has 4 aromatic rings. The van der Waals surface area contributed by atoms with Gasteiger partial charge in [-0.2, -0.15) is 0 Å². The van der Waals surface area contributed by atoms with Gasteiger partial charge >= 0.3 is 0 Å². The number of nitrogens with one attached hydrogen (secondary N) is 1. The zero-order valence-corrected chi connectivity index (χ0v) is 15.7. The van der Waals surface area contributed by atoms with Gasteiger partial charge in [-0.15, -0.1) is 5.10 Å². The van der Waals surface area contributed by atoms with Gasteiger partial charge in [0.2, 0.25) is 0 Å². The van der Waals surface area contributed by atoms with Gasteiger partial charge in [0.25, 0.3) is 0 Å². The van der Waals surface area contributed by atoms with E-state index < -0.39 is 0 Å². The van der Waals surface area contributed by atoms with Crippen LogP contribution < -0.4 is 0 Å². The van der Waals surface area contributed by atoms with Crippen LogP contribution in [0.3, 0.4) is 0 Å². The summed E-state index contributed by atoms with van der Waals surface area (Å²) in [6.45, 7) is 7.01.